The summed E-state index contributed by atoms with van der Waals surface area (Å²) in [6.45, 7) is 7.01. The van der Waals surface area contributed by atoms with Crippen LogP contribution in [0.4, 0.5) is 5.13 Å². The zero-order valence-electron chi connectivity index (χ0n) is 22.7. The van der Waals surface area contributed by atoms with Crippen molar-refractivity contribution < 1.29 is 33.3 Å². The molecule has 0 radical (unpaired) electrons. The summed E-state index contributed by atoms with van der Waals surface area (Å²) in [7, 11) is 1.57. The van der Waals surface area contributed by atoms with E-state index in [-0.39, 0.29) is 11.3 Å². The number of ketones is 1. The van der Waals surface area contributed by atoms with Crippen LogP contribution in [-0.4, -0.2) is 42.1 Å². The first-order valence-corrected chi connectivity index (χ1v) is 13.8. The lowest BCUT2D eigenvalue weighted by Crippen LogP contribution is -2.31. The predicted octanol–water partition coefficient (Wildman–Crippen LogP) is 6.50. The van der Waals surface area contributed by atoms with Crippen molar-refractivity contribution in [3.8, 4) is 17.2 Å². The van der Waals surface area contributed by atoms with Crippen molar-refractivity contribution in [2.24, 2.45) is 5.92 Å². The number of hydrogen-bond acceptors (Lipinski definition) is 9. The molecule has 0 bridgehead atoms. The molecule has 0 saturated heterocycles. The Morgan fingerprint density at radius 3 is 2.67 bits per heavy atom. The first-order valence-electron chi connectivity index (χ1n) is 13.0. The number of amides is 1. The van der Waals surface area contributed by atoms with Crippen molar-refractivity contribution in [1.82, 2.24) is 4.98 Å². The smallest absolute Gasteiger partial charge is 0.296 e. The van der Waals surface area contributed by atoms with Crippen LogP contribution in [0.25, 0.3) is 10.2 Å². The van der Waals surface area contributed by atoms with Gasteiger partial charge in [0, 0.05) is 0 Å². The van der Waals surface area contributed by atoms with E-state index in [2.05, 4.69) is 18.8 Å². The van der Waals surface area contributed by atoms with E-state index in [4.69, 9.17) is 18.6 Å². The number of carbonyl (C=O) groups is 2. The summed E-state index contributed by atoms with van der Waals surface area (Å²) < 4.78 is 23.3. The highest BCUT2D eigenvalue weighted by molar-refractivity contribution is 7.22. The van der Waals surface area contributed by atoms with Crippen LogP contribution < -0.4 is 19.1 Å². The lowest BCUT2D eigenvalue weighted by Gasteiger charge is -2.25. The summed E-state index contributed by atoms with van der Waals surface area (Å²) in [5.41, 5.74) is 1.10. The number of thiazole rings is 1. The van der Waals surface area contributed by atoms with Crippen LogP contribution in [0.5, 0.6) is 17.2 Å². The standard InChI is InChI=1S/C30H30N2O7S/c1-5-37-23-15-18(8-11-21(23)39-14-12-17(2)3)26-25(27(33)22-7-6-13-38-22)28(34)29(35)32(26)30-31-20-10-9-19(36-4)16-24(20)40-30/h6-11,13,15-17,26,34H,5,12,14H2,1-4H3. The Morgan fingerprint density at radius 2 is 1.98 bits per heavy atom. The molecule has 1 N–H and O–H groups in total. The molecule has 0 aliphatic carbocycles. The molecule has 3 heterocycles. The van der Waals surface area contributed by atoms with Gasteiger partial charge in [-0.3, -0.25) is 14.5 Å². The van der Waals surface area contributed by atoms with Gasteiger partial charge in [-0.2, -0.15) is 0 Å². The number of aliphatic hydroxyl groups is 1. The second kappa shape index (κ2) is 11.4. The number of carbonyl (C=O) groups excluding carboxylic acids is 2. The monoisotopic (exact) mass is 562 g/mol. The molecule has 40 heavy (non-hydrogen) atoms. The number of anilines is 1. The summed E-state index contributed by atoms with van der Waals surface area (Å²) in [6, 6.07) is 12.7. The maximum Gasteiger partial charge on any atom is 0.296 e. The van der Waals surface area contributed by atoms with E-state index in [0.29, 0.717) is 52.6 Å². The fourth-order valence-electron chi connectivity index (χ4n) is 4.50. The maximum atomic E-state index is 13.6. The SMILES string of the molecule is CCOc1cc(C2C(C(=O)c3ccco3)=C(O)C(=O)N2c2nc3ccc(OC)cc3s2)ccc1OCCC(C)C. The minimum Gasteiger partial charge on any atom is -0.503 e. The molecule has 0 fully saturated rings. The molecule has 9 nitrogen and oxygen atoms in total. The summed E-state index contributed by atoms with van der Waals surface area (Å²) in [6.07, 6.45) is 2.24. The van der Waals surface area contributed by atoms with Crippen LogP contribution in [0, 0.1) is 5.92 Å². The third kappa shape index (κ3) is 5.14. The molecular weight excluding hydrogens is 532 g/mol. The number of nitrogens with zero attached hydrogens (tertiary/aromatic N) is 2. The van der Waals surface area contributed by atoms with Gasteiger partial charge in [0.25, 0.3) is 5.91 Å². The molecule has 2 aromatic carbocycles. The molecule has 0 spiro atoms. The van der Waals surface area contributed by atoms with Gasteiger partial charge < -0.3 is 23.7 Å². The minimum absolute atomic E-state index is 0.00825. The first kappa shape index (κ1) is 27.3. The fraction of sp³-hybridized carbons (Fsp3) is 0.300. The lowest BCUT2D eigenvalue weighted by atomic mass is 9.95. The Bertz CT molecular complexity index is 1570. The number of rotatable bonds is 11. The zero-order chi connectivity index (χ0) is 28.4. The van der Waals surface area contributed by atoms with Crippen LogP contribution >= 0.6 is 11.3 Å². The molecule has 5 rings (SSSR count). The van der Waals surface area contributed by atoms with Crippen LogP contribution in [0.1, 0.15) is 49.4 Å². The lowest BCUT2D eigenvalue weighted by molar-refractivity contribution is -0.117. The molecule has 1 amide bonds. The van der Waals surface area contributed by atoms with Crippen LogP contribution in [0.15, 0.2) is 70.5 Å². The normalized spacial score (nSPS) is 15.4. The van der Waals surface area contributed by atoms with Gasteiger partial charge in [-0.25, -0.2) is 4.98 Å². The largest absolute Gasteiger partial charge is 0.503 e. The Labute approximate surface area is 235 Å². The quantitative estimate of drug-likeness (QED) is 0.206. The van der Waals surface area contributed by atoms with Crippen molar-refractivity contribution in [1.29, 1.82) is 0 Å². The number of ether oxygens (including phenoxy) is 3. The van der Waals surface area contributed by atoms with Crippen molar-refractivity contribution in [2.45, 2.75) is 33.2 Å². The number of aliphatic hydroxyl groups excluding tert-OH is 1. The van der Waals surface area contributed by atoms with Crippen molar-refractivity contribution >= 4 is 38.4 Å². The van der Waals surface area contributed by atoms with E-state index in [1.54, 1.807) is 43.5 Å². The molecule has 4 aromatic rings. The average Bonchev–Trinajstić information content (AvgIpc) is 3.67. The molecule has 2 aromatic heterocycles. The Morgan fingerprint density at radius 1 is 1.15 bits per heavy atom. The van der Waals surface area contributed by atoms with Gasteiger partial charge in [0.1, 0.15) is 5.75 Å². The summed E-state index contributed by atoms with van der Waals surface area (Å²) >= 11 is 1.26. The summed E-state index contributed by atoms with van der Waals surface area (Å²) in [4.78, 5) is 33.2. The fourth-order valence-corrected chi connectivity index (χ4v) is 5.52. The zero-order valence-corrected chi connectivity index (χ0v) is 23.5. The van der Waals surface area contributed by atoms with Crippen LogP contribution in [0.2, 0.25) is 0 Å². The van der Waals surface area contributed by atoms with Crippen LogP contribution in [0.3, 0.4) is 0 Å². The number of benzene rings is 2. The van der Waals surface area contributed by atoms with Crippen molar-refractivity contribution in [3.63, 3.8) is 0 Å². The van der Waals surface area contributed by atoms with Gasteiger partial charge in [-0.05, 0) is 67.3 Å². The van der Waals surface area contributed by atoms with E-state index in [1.807, 2.05) is 13.0 Å². The second-order valence-corrected chi connectivity index (χ2v) is 10.7. The van der Waals surface area contributed by atoms with E-state index < -0.39 is 23.5 Å². The molecule has 208 valence electrons. The molecular formula is C30H30N2O7S. The van der Waals surface area contributed by atoms with Crippen molar-refractivity contribution in [3.05, 3.63) is 77.5 Å². The van der Waals surface area contributed by atoms with E-state index >= 15 is 0 Å². The van der Waals surface area contributed by atoms with Crippen molar-refractivity contribution in [2.75, 3.05) is 25.2 Å². The number of furan rings is 1. The van der Waals surface area contributed by atoms with Gasteiger partial charge in [0.05, 0.1) is 48.4 Å². The third-order valence-corrected chi connectivity index (χ3v) is 7.54. The Balaban J connectivity index is 1.62. The number of hydrogen-bond donors (Lipinski definition) is 1. The van der Waals surface area contributed by atoms with Crippen LogP contribution in [-0.2, 0) is 4.79 Å². The molecule has 1 unspecified atom stereocenters. The van der Waals surface area contributed by atoms with Gasteiger partial charge in [-0.15, -0.1) is 0 Å². The minimum atomic E-state index is -0.989. The third-order valence-electron chi connectivity index (χ3n) is 6.52. The predicted molar refractivity (Wildman–Crippen MR) is 152 cm³/mol. The number of methoxy groups -OCH3 is 1. The highest BCUT2D eigenvalue weighted by atomic mass is 32.1. The maximum absolute atomic E-state index is 13.6. The van der Waals surface area contributed by atoms with E-state index in [9.17, 15) is 14.7 Å². The highest BCUT2D eigenvalue weighted by Gasteiger charge is 2.46. The summed E-state index contributed by atoms with van der Waals surface area (Å²) in [5.74, 6) is 0.179. The van der Waals surface area contributed by atoms with Gasteiger partial charge in [-0.1, -0.05) is 31.3 Å². The van der Waals surface area contributed by atoms with Gasteiger partial charge >= 0.3 is 0 Å². The topological polar surface area (TPSA) is 111 Å². The second-order valence-electron chi connectivity index (χ2n) is 9.65. The number of fused-ring (bicyclic) bond motifs is 1. The molecule has 10 heteroatoms. The Hall–Kier alpha value is -4.31. The molecule has 0 saturated carbocycles. The summed E-state index contributed by atoms with van der Waals surface area (Å²) in [5, 5.41) is 11.4. The molecule has 1 aliphatic rings. The Kier molecular flexibility index (Phi) is 7.79. The van der Waals surface area contributed by atoms with Gasteiger partial charge in [0.2, 0.25) is 5.78 Å². The van der Waals surface area contributed by atoms with Gasteiger partial charge in [0.15, 0.2) is 28.1 Å². The van der Waals surface area contributed by atoms with E-state index in [1.165, 1.54) is 28.6 Å². The number of Topliss-reactive ketones (excluding diaryl/α,β-unsaturated/α-hetero) is 1. The first-order chi connectivity index (χ1) is 19.3. The van der Waals surface area contributed by atoms with E-state index in [0.717, 1.165) is 11.1 Å². The highest BCUT2D eigenvalue weighted by Crippen LogP contribution is 2.46. The number of aromatic nitrogens is 1. The average molecular weight is 563 g/mol. The molecule has 1 aliphatic heterocycles. The molecule has 1 atom stereocenters.